The van der Waals surface area contributed by atoms with Gasteiger partial charge in [0.1, 0.15) is 16.8 Å². The quantitative estimate of drug-likeness (QED) is 0.352. The molecule has 5 nitrogen and oxygen atoms in total. The lowest BCUT2D eigenvalue weighted by atomic mass is 10.1. The minimum Gasteiger partial charge on any atom is -0.470 e. The van der Waals surface area contributed by atoms with Gasteiger partial charge in [0.15, 0.2) is 6.61 Å². The number of benzene rings is 2. The van der Waals surface area contributed by atoms with E-state index in [4.69, 9.17) is 4.74 Å². The molecule has 30 heavy (non-hydrogen) atoms. The number of hydrogen-bond acceptors (Lipinski definition) is 4. The number of alkyl halides is 2. The Kier molecular flexibility index (Phi) is 7.25. The van der Waals surface area contributed by atoms with Crippen molar-refractivity contribution in [3.8, 4) is 0 Å². The smallest absolute Gasteiger partial charge is 0.272 e. The van der Waals surface area contributed by atoms with Crippen molar-refractivity contribution < 1.29 is 22.1 Å². The molecule has 0 heterocycles. The van der Waals surface area contributed by atoms with Crippen molar-refractivity contribution >= 4 is 29.3 Å². The number of nitrogens with zero attached hydrogens (tertiary/aromatic N) is 3. The highest BCUT2D eigenvalue weighted by Crippen LogP contribution is 2.28. The summed E-state index contributed by atoms with van der Waals surface area (Å²) >= 11 is 0. The molecule has 0 aromatic heterocycles. The maximum absolute atomic E-state index is 14.8. The number of fused-ring (bicyclic) bond motifs is 1. The summed E-state index contributed by atoms with van der Waals surface area (Å²) in [6.07, 6.45) is 1.95. The summed E-state index contributed by atoms with van der Waals surface area (Å²) in [5, 5.41) is 6.84. The van der Waals surface area contributed by atoms with Crippen LogP contribution in [0.2, 0.25) is 0 Å². The third-order valence-electron chi connectivity index (χ3n) is 4.80. The SMILES string of the molecule is C=N/N=C(\OCC(F)F)c1ccc(CN(c2ccc3c(c2)CCC3)S(C)=O)c(F)c1. The van der Waals surface area contributed by atoms with Crippen molar-refractivity contribution in [3.63, 3.8) is 0 Å². The van der Waals surface area contributed by atoms with Crippen LogP contribution in [0.3, 0.4) is 0 Å². The van der Waals surface area contributed by atoms with Gasteiger partial charge in [-0.15, -0.1) is 5.10 Å². The molecule has 9 heteroatoms. The Hall–Kier alpha value is -2.68. The molecular weight excluding hydrogens is 415 g/mol. The third kappa shape index (κ3) is 5.27. The highest BCUT2D eigenvalue weighted by atomic mass is 32.2. The summed E-state index contributed by atoms with van der Waals surface area (Å²) in [6.45, 7) is 2.36. The molecule has 0 radical (unpaired) electrons. The summed E-state index contributed by atoms with van der Waals surface area (Å²) in [5.41, 5.74) is 3.74. The Morgan fingerprint density at radius 3 is 2.67 bits per heavy atom. The molecule has 2 aromatic rings. The Balaban J connectivity index is 1.83. The van der Waals surface area contributed by atoms with E-state index in [1.165, 1.54) is 29.5 Å². The molecule has 0 aliphatic heterocycles. The maximum atomic E-state index is 14.8. The van der Waals surface area contributed by atoms with Crippen molar-refractivity contribution in [2.24, 2.45) is 10.2 Å². The first-order chi connectivity index (χ1) is 14.4. The van der Waals surface area contributed by atoms with Crippen LogP contribution in [0.25, 0.3) is 0 Å². The molecule has 160 valence electrons. The van der Waals surface area contributed by atoms with E-state index in [2.05, 4.69) is 16.9 Å². The molecule has 2 aromatic carbocycles. The summed E-state index contributed by atoms with van der Waals surface area (Å²) in [7, 11) is -1.37. The van der Waals surface area contributed by atoms with Gasteiger partial charge in [-0.05, 0) is 54.7 Å². The largest absolute Gasteiger partial charge is 0.470 e. The summed E-state index contributed by atoms with van der Waals surface area (Å²) in [4.78, 5) is 0. The first-order valence-corrected chi connectivity index (χ1v) is 10.9. The Morgan fingerprint density at radius 1 is 1.23 bits per heavy atom. The van der Waals surface area contributed by atoms with Crippen LogP contribution in [-0.2, 0) is 35.1 Å². The fourth-order valence-electron chi connectivity index (χ4n) is 3.38. The van der Waals surface area contributed by atoms with E-state index in [1.807, 2.05) is 18.2 Å². The van der Waals surface area contributed by atoms with Gasteiger partial charge in [0.05, 0.1) is 6.54 Å². The first-order valence-electron chi connectivity index (χ1n) is 9.35. The van der Waals surface area contributed by atoms with E-state index in [0.717, 1.165) is 31.0 Å². The van der Waals surface area contributed by atoms with E-state index in [0.29, 0.717) is 5.56 Å². The minimum atomic E-state index is -2.70. The van der Waals surface area contributed by atoms with Gasteiger partial charge >= 0.3 is 0 Å². The second kappa shape index (κ2) is 9.88. The zero-order chi connectivity index (χ0) is 21.7. The van der Waals surface area contributed by atoms with Gasteiger partial charge in [0.2, 0.25) is 5.90 Å². The van der Waals surface area contributed by atoms with Crippen LogP contribution < -0.4 is 4.31 Å². The molecule has 0 N–H and O–H groups in total. The highest BCUT2D eigenvalue weighted by Gasteiger charge is 2.19. The van der Waals surface area contributed by atoms with Gasteiger partial charge in [0.25, 0.3) is 6.43 Å². The van der Waals surface area contributed by atoms with Crippen molar-refractivity contribution in [2.45, 2.75) is 32.2 Å². The standard InChI is InChI=1S/C21H22F3N3O2S/c1-25-26-21(29-13-20(23)24)16-6-7-17(19(22)11-16)12-27(30(2)28)18-9-8-14-4-3-5-15(14)10-18/h6-11,20H,1,3-5,12-13H2,2H3/b26-21-. The molecule has 1 aliphatic carbocycles. The second-order valence-electron chi connectivity index (χ2n) is 6.82. The molecule has 3 rings (SSSR count). The number of anilines is 1. The molecule has 0 spiro atoms. The molecule has 1 atom stereocenters. The molecule has 0 saturated heterocycles. The van der Waals surface area contributed by atoms with E-state index < -0.39 is 29.8 Å². The van der Waals surface area contributed by atoms with E-state index in [1.54, 1.807) is 4.31 Å². The fraction of sp³-hybridized carbons (Fsp3) is 0.333. The summed E-state index contributed by atoms with van der Waals surface area (Å²) in [5.74, 6) is -0.841. The zero-order valence-corrected chi connectivity index (χ0v) is 17.3. The van der Waals surface area contributed by atoms with Crippen LogP contribution in [0, 0.1) is 5.82 Å². The highest BCUT2D eigenvalue weighted by molar-refractivity contribution is 7.85. The van der Waals surface area contributed by atoms with Crippen LogP contribution in [-0.4, -0.2) is 36.1 Å². The number of aryl methyl sites for hydroxylation is 2. The van der Waals surface area contributed by atoms with Crippen molar-refractivity contribution in [3.05, 3.63) is 64.5 Å². The van der Waals surface area contributed by atoms with Crippen LogP contribution in [0.1, 0.15) is 28.7 Å². The van der Waals surface area contributed by atoms with Gasteiger partial charge in [-0.1, -0.05) is 12.1 Å². The van der Waals surface area contributed by atoms with Gasteiger partial charge in [-0.25, -0.2) is 17.4 Å². The van der Waals surface area contributed by atoms with E-state index in [9.17, 15) is 17.4 Å². The average Bonchev–Trinajstić information content (AvgIpc) is 3.17. The molecule has 0 amide bonds. The minimum absolute atomic E-state index is 0.0814. The normalized spacial score (nSPS) is 14.5. The molecule has 1 unspecified atom stereocenters. The van der Waals surface area contributed by atoms with Crippen molar-refractivity contribution in [1.82, 2.24) is 0 Å². The maximum Gasteiger partial charge on any atom is 0.272 e. The van der Waals surface area contributed by atoms with Crippen LogP contribution in [0.15, 0.2) is 46.6 Å². The van der Waals surface area contributed by atoms with Gasteiger partial charge in [-0.2, -0.15) is 5.10 Å². The lowest BCUT2D eigenvalue weighted by Crippen LogP contribution is -2.25. The predicted octanol–water partition coefficient (Wildman–Crippen LogP) is 4.26. The second-order valence-corrected chi connectivity index (χ2v) is 8.11. The van der Waals surface area contributed by atoms with Gasteiger partial charge in [-0.3, -0.25) is 4.31 Å². The summed E-state index contributed by atoms with van der Waals surface area (Å²) < 4.78 is 58.5. The number of ether oxygens (including phenoxy) is 1. The Bertz CT molecular complexity index is 982. The third-order valence-corrected chi connectivity index (χ3v) is 5.76. The van der Waals surface area contributed by atoms with Crippen molar-refractivity contribution in [2.75, 3.05) is 17.2 Å². The van der Waals surface area contributed by atoms with E-state index >= 15 is 0 Å². The average molecular weight is 437 g/mol. The summed E-state index contributed by atoms with van der Waals surface area (Å²) in [6, 6.07) is 10.0. The fourth-order valence-corrected chi connectivity index (χ4v) is 4.11. The van der Waals surface area contributed by atoms with Gasteiger partial charge < -0.3 is 4.74 Å². The number of halogens is 3. The topological polar surface area (TPSA) is 54.3 Å². The van der Waals surface area contributed by atoms with Gasteiger partial charge in [0, 0.05) is 29.8 Å². The lowest BCUT2D eigenvalue weighted by molar-refractivity contribution is 0.0765. The Morgan fingerprint density at radius 2 is 2.00 bits per heavy atom. The number of hydrogen-bond donors (Lipinski definition) is 0. The first kappa shape index (κ1) is 22.0. The number of rotatable bonds is 8. The Labute approximate surface area is 175 Å². The van der Waals surface area contributed by atoms with Crippen LogP contribution in [0.4, 0.5) is 18.9 Å². The lowest BCUT2D eigenvalue weighted by Gasteiger charge is -2.23. The molecule has 0 fully saturated rings. The molecule has 0 bridgehead atoms. The van der Waals surface area contributed by atoms with E-state index in [-0.39, 0.29) is 18.0 Å². The van der Waals surface area contributed by atoms with Crippen molar-refractivity contribution in [1.29, 1.82) is 0 Å². The molecule has 1 aliphatic rings. The predicted molar refractivity (Wildman–Crippen MR) is 113 cm³/mol. The van der Waals surface area contributed by atoms with Crippen LogP contribution >= 0.6 is 0 Å². The van der Waals surface area contributed by atoms with Crippen LogP contribution in [0.5, 0.6) is 0 Å². The molecule has 0 saturated carbocycles. The molecular formula is C21H22F3N3O2S. The monoisotopic (exact) mass is 437 g/mol. The zero-order valence-electron chi connectivity index (χ0n) is 16.5.